The zero-order valence-corrected chi connectivity index (χ0v) is 20.9. The van der Waals surface area contributed by atoms with E-state index in [9.17, 15) is 18.3 Å². The number of phenolic OH excluding ortho intramolecular Hbond substituents is 1. The number of amides is 2. The molecule has 2 atom stereocenters. The number of phenols is 1. The minimum absolute atomic E-state index is 0.0613. The summed E-state index contributed by atoms with van der Waals surface area (Å²) in [6.07, 6.45) is 2.80. The van der Waals surface area contributed by atoms with Crippen molar-refractivity contribution in [1.29, 1.82) is 0 Å². The lowest BCUT2D eigenvalue weighted by Crippen LogP contribution is -2.43. The van der Waals surface area contributed by atoms with Crippen LogP contribution in [0.4, 0.5) is 16.2 Å². The molecule has 3 aromatic carbocycles. The fourth-order valence-corrected chi connectivity index (χ4v) is 7.39. The van der Waals surface area contributed by atoms with Crippen molar-refractivity contribution >= 4 is 38.8 Å². The Labute approximate surface area is 214 Å². The highest BCUT2D eigenvalue weighted by atomic mass is 35.5. The molecule has 0 saturated carbocycles. The highest BCUT2D eigenvalue weighted by Gasteiger charge is 2.42. The lowest BCUT2D eigenvalue weighted by molar-refractivity contribution is 0.262. The van der Waals surface area contributed by atoms with Crippen molar-refractivity contribution in [3.8, 4) is 17.2 Å². The lowest BCUT2D eigenvalue weighted by Gasteiger charge is -2.29. The number of hydrogen-bond donors (Lipinski definition) is 4. The normalized spacial score (nSPS) is 21.1. The molecule has 2 aliphatic heterocycles. The van der Waals surface area contributed by atoms with Gasteiger partial charge in [-0.3, -0.25) is 0 Å². The van der Waals surface area contributed by atoms with Crippen molar-refractivity contribution in [2.75, 3.05) is 10.6 Å². The van der Waals surface area contributed by atoms with Gasteiger partial charge in [-0.1, -0.05) is 41.9 Å². The van der Waals surface area contributed by atoms with E-state index in [0.29, 0.717) is 30.0 Å². The predicted molar refractivity (Wildman–Crippen MR) is 139 cm³/mol. The molecular weight excluding hydrogens is 502 g/mol. The fourth-order valence-electron chi connectivity index (χ4n) is 4.89. The maximum absolute atomic E-state index is 13.5. The maximum Gasteiger partial charge on any atom is 0.323 e. The van der Waals surface area contributed by atoms with Gasteiger partial charge in [0.2, 0.25) is 0 Å². The molecule has 188 valence electrons. The molecule has 3 aromatic rings. The van der Waals surface area contributed by atoms with E-state index in [4.69, 9.17) is 16.3 Å². The summed E-state index contributed by atoms with van der Waals surface area (Å²) in [5.41, 5.74) is 0.333. The number of carbonyl (C=O) groups excluding carboxylic acids is 1. The molecule has 0 aromatic heterocycles. The molecule has 2 aliphatic rings. The number of fused-ring (bicyclic) bond motifs is 2. The molecule has 36 heavy (non-hydrogen) atoms. The minimum Gasteiger partial charge on any atom is -0.504 e. The quantitative estimate of drug-likeness (QED) is 0.313. The number of sulfone groups is 1. The van der Waals surface area contributed by atoms with Crippen LogP contribution in [0.25, 0.3) is 0 Å². The number of aromatic hydroxyl groups is 1. The van der Waals surface area contributed by atoms with Crippen molar-refractivity contribution in [1.82, 2.24) is 5.32 Å². The summed E-state index contributed by atoms with van der Waals surface area (Å²) >= 11 is 6.26. The maximum atomic E-state index is 13.5. The number of urea groups is 1. The molecule has 2 heterocycles. The number of anilines is 2. The van der Waals surface area contributed by atoms with Crippen molar-refractivity contribution < 1.29 is 23.1 Å². The highest BCUT2D eigenvalue weighted by molar-refractivity contribution is 7.92. The van der Waals surface area contributed by atoms with E-state index in [1.165, 1.54) is 12.1 Å². The van der Waals surface area contributed by atoms with Crippen molar-refractivity contribution in [2.24, 2.45) is 0 Å². The molecule has 8 nitrogen and oxygen atoms in total. The van der Waals surface area contributed by atoms with Crippen LogP contribution in [-0.4, -0.2) is 36.9 Å². The summed E-state index contributed by atoms with van der Waals surface area (Å²) in [5.74, 6) is 0.448. The van der Waals surface area contributed by atoms with Crippen LogP contribution >= 0.6 is 11.6 Å². The number of piperidine rings is 1. The number of carbonyl (C=O) groups is 1. The zero-order valence-electron chi connectivity index (χ0n) is 19.3. The Balaban J connectivity index is 1.35. The number of benzene rings is 3. The Morgan fingerprint density at radius 1 is 0.917 bits per heavy atom. The van der Waals surface area contributed by atoms with E-state index in [1.54, 1.807) is 36.4 Å². The first kappa shape index (κ1) is 24.4. The fraction of sp³-hybridized carbons (Fsp3) is 0.269. The van der Waals surface area contributed by atoms with Gasteiger partial charge in [0.25, 0.3) is 0 Å². The number of ether oxygens (including phenoxy) is 1. The Morgan fingerprint density at radius 3 is 2.28 bits per heavy atom. The van der Waals surface area contributed by atoms with Gasteiger partial charge in [-0.25, -0.2) is 13.2 Å². The third-order valence-corrected chi connectivity index (χ3v) is 9.26. The Kier molecular flexibility index (Phi) is 6.79. The molecule has 2 saturated heterocycles. The highest BCUT2D eigenvalue weighted by Crippen LogP contribution is 2.42. The molecule has 2 fully saturated rings. The van der Waals surface area contributed by atoms with Gasteiger partial charge in [0.05, 0.1) is 21.6 Å². The summed E-state index contributed by atoms with van der Waals surface area (Å²) in [6.45, 7) is 0. The van der Waals surface area contributed by atoms with Crippen molar-refractivity contribution in [3.05, 3.63) is 71.8 Å². The van der Waals surface area contributed by atoms with E-state index in [2.05, 4.69) is 16.0 Å². The second-order valence-corrected chi connectivity index (χ2v) is 11.6. The average molecular weight is 528 g/mol. The Hall–Kier alpha value is -3.27. The number of rotatable bonds is 6. The second kappa shape index (κ2) is 10.0. The summed E-state index contributed by atoms with van der Waals surface area (Å²) in [7, 11) is -3.92. The molecule has 0 spiro atoms. The van der Waals surface area contributed by atoms with Crippen LogP contribution in [0, 0.1) is 0 Å². The summed E-state index contributed by atoms with van der Waals surface area (Å²) in [5, 5.41) is 18.8. The van der Waals surface area contributed by atoms with Gasteiger partial charge in [-0.15, -0.1) is 0 Å². The van der Waals surface area contributed by atoms with Gasteiger partial charge in [0.1, 0.15) is 10.6 Å². The van der Waals surface area contributed by atoms with Crippen LogP contribution in [0.15, 0.2) is 71.6 Å². The predicted octanol–water partition coefficient (Wildman–Crippen LogP) is 5.54. The summed E-state index contributed by atoms with van der Waals surface area (Å²) < 4.78 is 32.8. The standard InChI is InChI=1S/C26H26ClN3O5S/c27-20-12-13-22(24(31)25(20)36(33,34)19-14-16-10-11-17(15-19)28-16)30-26(32)29-21-8-4-5-9-23(21)35-18-6-2-1-3-7-18/h1-9,12-13,16-17,19,28,31H,10-11,14-15H2,(H2,29,30,32). The van der Waals surface area contributed by atoms with Crippen LogP contribution in [0.1, 0.15) is 25.7 Å². The van der Waals surface area contributed by atoms with Crippen molar-refractivity contribution in [3.63, 3.8) is 0 Å². The van der Waals surface area contributed by atoms with Crippen LogP contribution in [0.2, 0.25) is 5.02 Å². The monoisotopic (exact) mass is 527 g/mol. The zero-order chi connectivity index (χ0) is 25.3. The third-order valence-electron chi connectivity index (χ3n) is 6.59. The van der Waals surface area contributed by atoms with E-state index >= 15 is 0 Å². The van der Waals surface area contributed by atoms with Gasteiger partial charge >= 0.3 is 6.03 Å². The Bertz CT molecular complexity index is 1370. The van der Waals surface area contributed by atoms with Gasteiger partial charge in [-0.05, 0) is 62.1 Å². The molecule has 2 unspecified atom stereocenters. The van der Waals surface area contributed by atoms with Crippen molar-refractivity contribution in [2.45, 2.75) is 47.9 Å². The number of nitrogens with one attached hydrogen (secondary N) is 3. The van der Waals surface area contributed by atoms with Gasteiger partial charge in [0, 0.05) is 12.1 Å². The lowest BCUT2D eigenvalue weighted by atomic mass is 10.1. The molecule has 0 aliphatic carbocycles. The average Bonchev–Trinajstić information content (AvgIpc) is 3.19. The Morgan fingerprint density at radius 2 is 1.56 bits per heavy atom. The van der Waals surface area contributed by atoms with Gasteiger partial charge < -0.3 is 25.8 Å². The largest absolute Gasteiger partial charge is 0.504 e. The van der Waals surface area contributed by atoms with E-state index < -0.39 is 26.9 Å². The topological polar surface area (TPSA) is 117 Å². The first-order valence-corrected chi connectivity index (χ1v) is 13.6. The van der Waals surface area contributed by atoms with E-state index in [1.807, 2.05) is 18.2 Å². The SMILES string of the molecule is O=C(Nc1ccccc1Oc1ccccc1)Nc1ccc(Cl)c(S(=O)(=O)C2CC3CCC(C2)N3)c1O. The number of hydrogen-bond acceptors (Lipinski definition) is 6. The van der Waals surface area contributed by atoms with E-state index in [-0.39, 0.29) is 27.7 Å². The molecule has 2 amide bonds. The summed E-state index contributed by atoms with van der Waals surface area (Å²) in [4.78, 5) is 12.5. The molecule has 4 N–H and O–H groups in total. The first-order valence-electron chi connectivity index (χ1n) is 11.7. The van der Waals surface area contributed by atoms with Gasteiger partial charge in [0.15, 0.2) is 21.3 Å². The van der Waals surface area contributed by atoms with Crippen LogP contribution in [0.5, 0.6) is 17.2 Å². The van der Waals surface area contributed by atoms with Crippen LogP contribution in [-0.2, 0) is 9.84 Å². The van der Waals surface area contributed by atoms with E-state index in [0.717, 1.165) is 12.8 Å². The molecule has 0 radical (unpaired) electrons. The van der Waals surface area contributed by atoms with Crippen LogP contribution in [0.3, 0.4) is 0 Å². The van der Waals surface area contributed by atoms with Crippen LogP contribution < -0.4 is 20.7 Å². The molecule has 5 rings (SSSR count). The summed E-state index contributed by atoms with van der Waals surface area (Å²) in [6, 6.07) is 18.4. The molecule has 2 bridgehead atoms. The smallest absolute Gasteiger partial charge is 0.323 e. The minimum atomic E-state index is -3.92. The molecular formula is C26H26ClN3O5S. The molecule has 10 heteroatoms. The second-order valence-electron chi connectivity index (χ2n) is 9.04. The first-order chi connectivity index (χ1) is 17.3. The number of halogens is 1. The number of para-hydroxylation sites is 3. The van der Waals surface area contributed by atoms with Gasteiger partial charge in [-0.2, -0.15) is 0 Å². The third kappa shape index (κ3) is 5.00.